The summed E-state index contributed by atoms with van der Waals surface area (Å²) in [5, 5.41) is 1.19. The molecule has 1 radical (unpaired) electrons. The molecule has 1 heterocycles. The van der Waals surface area contributed by atoms with Crippen molar-refractivity contribution in [2.75, 3.05) is 13.2 Å². The van der Waals surface area contributed by atoms with Gasteiger partial charge in [0.1, 0.15) is 0 Å². The van der Waals surface area contributed by atoms with Crippen molar-refractivity contribution in [3.05, 3.63) is 0 Å². The highest BCUT2D eigenvalue weighted by Crippen LogP contribution is 2.27. The molecule has 1 aliphatic heterocycles. The predicted molar refractivity (Wildman–Crippen MR) is 59.6 cm³/mol. The van der Waals surface area contributed by atoms with Crippen molar-refractivity contribution < 1.29 is 18.7 Å². The maximum absolute atomic E-state index is 5.75. The highest BCUT2D eigenvalue weighted by Gasteiger charge is 2.35. The van der Waals surface area contributed by atoms with E-state index in [1.807, 2.05) is 6.92 Å². The number of ether oxygens (including phenoxy) is 2. The van der Waals surface area contributed by atoms with E-state index in [9.17, 15) is 0 Å². The quantitative estimate of drug-likeness (QED) is 0.532. The third-order valence-electron chi connectivity index (χ3n) is 2.07. The van der Waals surface area contributed by atoms with Crippen molar-refractivity contribution in [3.8, 4) is 0 Å². The Bertz CT molecular complexity index is 152. The first-order valence-electron chi connectivity index (χ1n) is 5.46. The molecule has 1 fully saturated rings. The maximum atomic E-state index is 5.75. The van der Waals surface area contributed by atoms with Crippen LogP contribution in [0.5, 0.6) is 0 Å². The van der Waals surface area contributed by atoms with E-state index >= 15 is 0 Å². The van der Waals surface area contributed by atoms with Gasteiger partial charge in [-0.3, -0.25) is 0 Å². The van der Waals surface area contributed by atoms with E-state index in [-0.39, 0.29) is 21.0 Å². The fraction of sp³-hybridized carbons (Fsp3) is 1.00. The van der Waals surface area contributed by atoms with Gasteiger partial charge in [0.25, 0.3) is 5.97 Å². The first kappa shape index (κ1) is 15.4. The van der Waals surface area contributed by atoms with Crippen LogP contribution in [0.1, 0.15) is 33.6 Å². The topological polar surface area (TPSA) is 59.2 Å². The van der Waals surface area contributed by atoms with E-state index in [0.717, 1.165) is 12.8 Å². The van der Waals surface area contributed by atoms with Crippen molar-refractivity contribution in [1.29, 1.82) is 0 Å². The Kier molecular flexibility index (Phi) is 7.80. The minimum Gasteiger partial charge on any atom is -0.462 e. The van der Waals surface area contributed by atoms with E-state index in [4.69, 9.17) is 13.3 Å². The summed E-state index contributed by atoms with van der Waals surface area (Å²) in [7, 11) is 0. The summed E-state index contributed by atoms with van der Waals surface area (Å²) in [5.41, 5.74) is 0. The summed E-state index contributed by atoms with van der Waals surface area (Å²) in [6.45, 7) is 7.61. The molecule has 89 valence electrons. The molecule has 0 bridgehead atoms. The van der Waals surface area contributed by atoms with Gasteiger partial charge in [-0.2, -0.15) is 0 Å². The Balaban J connectivity index is 0.00000196. The zero-order valence-electron chi connectivity index (χ0n) is 9.91. The Hall–Kier alpha value is 0.372. The fourth-order valence-electron chi connectivity index (χ4n) is 1.41. The molecule has 2 N–H and O–H groups in total. The molecule has 1 atom stereocenters. The highest BCUT2D eigenvalue weighted by molar-refractivity contribution is 6.27. The summed E-state index contributed by atoms with van der Waals surface area (Å²) in [4.78, 5) is 0. The molecular formula is C10H22AlO4. The normalized spacial score (nSPS) is 25.9. The molecule has 15 heavy (non-hydrogen) atoms. The molecule has 0 saturated carbocycles. The largest absolute Gasteiger partial charge is 0.462 e. The van der Waals surface area contributed by atoms with Crippen molar-refractivity contribution >= 4 is 15.6 Å². The zero-order chi connectivity index (χ0) is 10.4. The van der Waals surface area contributed by atoms with Gasteiger partial charge < -0.3 is 18.7 Å². The molecule has 0 aliphatic carbocycles. The second-order valence-electron chi connectivity index (χ2n) is 4.00. The highest BCUT2D eigenvalue weighted by atomic mass is 27.1. The summed E-state index contributed by atoms with van der Waals surface area (Å²) in [6, 6.07) is 0. The molecule has 5 heteroatoms. The molecule has 4 nitrogen and oxygen atoms in total. The minimum atomic E-state index is -0.702. The van der Waals surface area contributed by atoms with Crippen LogP contribution in [0.25, 0.3) is 0 Å². The summed E-state index contributed by atoms with van der Waals surface area (Å²) < 4.78 is 17.0. The third kappa shape index (κ3) is 5.30. The molecule has 0 aromatic rings. The fourth-order valence-corrected chi connectivity index (χ4v) is 2.41. The van der Waals surface area contributed by atoms with Crippen LogP contribution in [0, 0.1) is 5.92 Å². The lowest BCUT2D eigenvalue weighted by Gasteiger charge is -2.37. The molecule has 0 amide bonds. The molecule has 0 aromatic heterocycles. The minimum absolute atomic E-state index is 0. The maximum Gasteiger partial charge on any atom is 0.430 e. The van der Waals surface area contributed by atoms with Gasteiger partial charge in [-0.15, -0.1) is 0 Å². The van der Waals surface area contributed by atoms with Gasteiger partial charge in [-0.05, 0) is 12.8 Å². The number of rotatable bonds is 5. The van der Waals surface area contributed by atoms with Crippen molar-refractivity contribution in [3.63, 3.8) is 0 Å². The van der Waals surface area contributed by atoms with E-state index in [0.29, 0.717) is 19.1 Å². The average molecular weight is 233 g/mol. The van der Waals surface area contributed by atoms with Crippen molar-refractivity contribution in [2.24, 2.45) is 5.92 Å². The molecule has 1 saturated heterocycles. The third-order valence-corrected chi connectivity index (χ3v) is 3.24. The van der Waals surface area contributed by atoms with Crippen molar-refractivity contribution in [1.82, 2.24) is 0 Å². The molecular weight excluding hydrogens is 211 g/mol. The van der Waals surface area contributed by atoms with Crippen LogP contribution < -0.4 is 0 Å². The van der Waals surface area contributed by atoms with Gasteiger partial charge in [-0.25, -0.2) is 0 Å². The van der Waals surface area contributed by atoms with Gasteiger partial charge >= 0.3 is 15.6 Å². The number of hydrogen-bond donors (Lipinski definition) is 0. The molecule has 0 spiro atoms. The Morgan fingerprint density at radius 3 is 2.60 bits per heavy atom. The van der Waals surface area contributed by atoms with E-state index in [1.165, 1.54) is 5.28 Å². The van der Waals surface area contributed by atoms with Gasteiger partial charge in [0.05, 0.1) is 6.61 Å². The van der Waals surface area contributed by atoms with Crippen LogP contribution in [-0.2, 0) is 13.3 Å². The first-order valence-corrected chi connectivity index (χ1v) is 6.75. The van der Waals surface area contributed by atoms with Crippen LogP contribution in [0.15, 0.2) is 0 Å². The Labute approximate surface area is 98.6 Å². The van der Waals surface area contributed by atoms with Crippen LogP contribution in [0.4, 0.5) is 0 Å². The summed E-state index contributed by atoms with van der Waals surface area (Å²) in [6.07, 6.45) is 2.04. The lowest BCUT2D eigenvalue weighted by molar-refractivity contribution is -0.353. The van der Waals surface area contributed by atoms with Crippen LogP contribution in [0.2, 0.25) is 5.28 Å². The summed E-state index contributed by atoms with van der Waals surface area (Å²) in [5.74, 6) is -0.181. The lowest BCUT2D eigenvalue weighted by Crippen LogP contribution is -2.43. The molecule has 0 aromatic carbocycles. The predicted octanol–water partition coefficient (Wildman–Crippen LogP) is 1.37. The standard InChI is InChI=1S/C10H20O3.Al.H2O/c1-5-7-10(11,12-6-2)13-8-9(3)4;;/h9H,1,5-8H2,2-4H3;;1H2/q-1;+1;. The van der Waals surface area contributed by atoms with E-state index < -0.39 is 5.97 Å². The molecule has 1 rings (SSSR count). The monoisotopic (exact) mass is 233 g/mol. The van der Waals surface area contributed by atoms with Crippen molar-refractivity contribution in [2.45, 2.75) is 44.9 Å². The number of hydrogen-bond acceptors (Lipinski definition) is 3. The summed E-state index contributed by atoms with van der Waals surface area (Å²) >= 11 is 0.0527. The lowest BCUT2D eigenvalue weighted by atomic mass is 10.2. The van der Waals surface area contributed by atoms with E-state index in [2.05, 4.69) is 13.8 Å². The SMILES string of the molecule is CCOC1(OCC(C)C)CC[CH2][Al][O]1.O. The zero-order valence-corrected chi connectivity index (χ0v) is 11.1. The second kappa shape index (κ2) is 7.61. The van der Waals surface area contributed by atoms with Gasteiger partial charge in [0.2, 0.25) is 0 Å². The van der Waals surface area contributed by atoms with E-state index in [1.54, 1.807) is 0 Å². The average Bonchev–Trinajstić information content (AvgIpc) is 2.17. The van der Waals surface area contributed by atoms with Crippen LogP contribution in [0.3, 0.4) is 0 Å². The second-order valence-corrected chi connectivity index (χ2v) is 5.14. The van der Waals surface area contributed by atoms with Crippen LogP contribution >= 0.6 is 0 Å². The molecule has 1 unspecified atom stereocenters. The van der Waals surface area contributed by atoms with Crippen LogP contribution in [-0.4, -0.2) is 40.2 Å². The van der Waals surface area contributed by atoms with Gasteiger partial charge in [0.15, 0.2) is 0 Å². The van der Waals surface area contributed by atoms with Gasteiger partial charge in [-0.1, -0.05) is 25.6 Å². The molecule has 1 aliphatic rings. The first-order chi connectivity index (χ1) is 6.68. The van der Waals surface area contributed by atoms with Gasteiger partial charge in [0, 0.05) is 13.0 Å². The Morgan fingerprint density at radius 2 is 2.13 bits per heavy atom. The Morgan fingerprint density at radius 1 is 1.40 bits per heavy atom. The smallest absolute Gasteiger partial charge is 0.430 e.